The molecule has 1 saturated heterocycles. The molecule has 0 spiro atoms. The third-order valence-corrected chi connectivity index (χ3v) is 3.48. The van der Waals surface area contributed by atoms with Crippen molar-refractivity contribution in [1.82, 2.24) is 4.90 Å². The molecule has 1 aromatic rings. The van der Waals surface area contributed by atoms with Gasteiger partial charge in [0.2, 0.25) is 0 Å². The third-order valence-electron chi connectivity index (χ3n) is 3.24. The van der Waals surface area contributed by atoms with Crippen molar-refractivity contribution in [1.29, 1.82) is 0 Å². The Balaban J connectivity index is 2.16. The van der Waals surface area contributed by atoms with Gasteiger partial charge in [-0.15, -0.1) is 0 Å². The molecule has 1 aliphatic heterocycles. The van der Waals surface area contributed by atoms with Crippen LogP contribution in [0.25, 0.3) is 0 Å². The largest absolute Gasteiger partial charge is 0.508 e. The fourth-order valence-corrected chi connectivity index (χ4v) is 2.39. The highest BCUT2D eigenvalue weighted by molar-refractivity contribution is 6.30. The maximum absolute atomic E-state index is 9.89. The molecule has 4 heteroatoms. The van der Waals surface area contributed by atoms with Gasteiger partial charge in [-0.2, -0.15) is 0 Å². The quantitative estimate of drug-likeness (QED) is 0.882. The summed E-state index contributed by atoms with van der Waals surface area (Å²) >= 11 is 5.98. The van der Waals surface area contributed by atoms with E-state index in [-0.39, 0.29) is 6.04 Å². The van der Waals surface area contributed by atoms with Crippen molar-refractivity contribution < 1.29 is 9.84 Å². The van der Waals surface area contributed by atoms with Gasteiger partial charge in [0.25, 0.3) is 0 Å². The van der Waals surface area contributed by atoms with Crippen LogP contribution in [0, 0.1) is 0 Å². The van der Waals surface area contributed by atoms with Gasteiger partial charge in [0.05, 0.1) is 6.61 Å². The summed E-state index contributed by atoms with van der Waals surface area (Å²) in [6, 6.07) is 5.37. The average Bonchev–Trinajstić information content (AvgIpc) is 2.60. The lowest BCUT2D eigenvalue weighted by Crippen LogP contribution is -2.29. The van der Waals surface area contributed by atoms with Crippen LogP contribution in [0.4, 0.5) is 0 Å². The van der Waals surface area contributed by atoms with Crippen molar-refractivity contribution >= 4 is 11.6 Å². The first-order valence-electron chi connectivity index (χ1n) is 5.98. The summed E-state index contributed by atoms with van der Waals surface area (Å²) in [5.41, 5.74) is 0.888. The number of phenolic OH excluding ortho intramolecular Hbond substituents is 1. The fraction of sp³-hybridized carbons (Fsp3) is 0.538. The second-order valence-electron chi connectivity index (χ2n) is 4.38. The molecule has 0 amide bonds. The first kappa shape index (κ1) is 12.7. The van der Waals surface area contributed by atoms with E-state index in [4.69, 9.17) is 16.3 Å². The first-order chi connectivity index (χ1) is 8.18. The van der Waals surface area contributed by atoms with Crippen molar-refractivity contribution in [2.75, 3.05) is 26.3 Å². The highest BCUT2D eigenvalue weighted by atomic mass is 35.5. The molecule has 17 heavy (non-hydrogen) atoms. The van der Waals surface area contributed by atoms with Crippen LogP contribution < -0.4 is 0 Å². The molecule has 3 nitrogen and oxygen atoms in total. The molecule has 1 unspecified atom stereocenters. The van der Waals surface area contributed by atoms with E-state index in [9.17, 15) is 5.11 Å². The summed E-state index contributed by atoms with van der Waals surface area (Å²) < 4.78 is 5.43. The molecule has 1 fully saturated rings. The van der Waals surface area contributed by atoms with E-state index < -0.39 is 0 Å². The number of benzene rings is 1. The van der Waals surface area contributed by atoms with E-state index in [2.05, 4.69) is 11.8 Å². The Morgan fingerprint density at radius 1 is 1.35 bits per heavy atom. The molecule has 0 radical (unpaired) electrons. The van der Waals surface area contributed by atoms with Gasteiger partial charge in [-0.05, 0) is 31.5 Å². The van der Waals surface area contributed by atoms with E-state index >= 15 is 0 Å². The lowest BCUT2D eigenvalue weighted by Gasteiger charge is -2.27. The van der Waals surface area contributed by atoms with Crippen LogP contribution in [0.5, 0.6) is 5.75 Å². The highest BCUT2D eigenvalue weighted by Gasteiger charge is 2.20. The number of phenols is 1. The van der Waals surface area contributed by atoms with Gasteiger partial charge in [0, 0.05) is 36.3 Å². The second-order valence-corrected chi connectivity index (χ2v) is 4.82. The maximum atomic E-state index is 9.89. The van der Waals surface area contributed by atoms with Crippen LogP contribution in [0.15, 0.2) is 18.2 Å². The Labute approximate surface area is 107 Å². The summed E-state index contributed by atoms with van der Waals surface area (Å²) in [6.45, 7) is 5.56. The fourth-order valence-electron chi connectivity index (χ4n) is 2.21. The Kier molecular flexibility index (Phi) is 4.26. The number of aromatic hydroxyl groups is 1. The van der Waals surface area contributed by atoms with Gasteiger partial charge in [-0.3, -0.25) is 4.90 Å². The Morgan fingerprint density at radius 3 is 3.00 bits per heavy atom. The first-order valence-corrected chi connectivity index (χ1v) is 6.36. The molecule has 2 rings (SSSR count). The molecule has 0 saturated carbocycles. The topological polar surface area (TPSA) is 32.7 Å². The van der Waals surface area contributed by atoms with E-state index in [1.165, 1.54) is 0 Å². The number of ether oxygens (including phenoxy) is 1. The monoisotopic (exact) mass is 255 g/mol. The van der Waals surface area contributed by atoms with Crippen molar-refractivity contribution in [3.05, 3.63) is 28.8 Å². The third kappa shape index (κ3) is 3.12. The second kappa shape index (κ2) is 5.71. The van der Waals surface area contributed by atoms with Gasteiger partial charge >= 0.3 is 0 Å². The lowest BCUT2D eigenvalue weighted by molar-refractivity contribution is 0.133. The average molecular weight is 256 g/mol. The SMILES string of the molecule is CC(c1cc(Cl)ccc1O)N1CCCOCC1. The smallest absolute Gasteiger partial charge is 0.120 e. The summed E-state index contributed by atoms with van der Waals surface area (Å²) in [5, 5.41) is 10.6. The summed E-state index contributed by atoms with van der Waals surface area (Å²) in [5.74, 6) is 0.312. The van der Waals surface area contributed by atoms with E-state index in [1.807, 2.05) is 6.07 Å². The molecule has 94 valence electrons. The maximum Gasteiger partial charge on any atom is 0.120 e. The van der Waals surface area contributed by atoms with E-state index in [0.717, 1.165) is 38.3 Å². The van der Waals surface area contributed by atoms with E-state index in [0.29, 0.717) is 10.8 Å². The van der Waals surface area contributed by atoms with Crippen LogP contribution in [0.2, 0.25) is 5.02 Å². The van der Waals surface area contributed by atoms with Gasteiger partial charge in [0.1, 0.15) is 5.75 Å². The van der Waals surface area contributed by atoms with Gasteiger partial charge in [0.15, 0.2) is 0 Å². The van der Waals surface area contributed by atoms with Crippen molar-refractivity contribution in [2.45, 2.75) is 19.4 Å². The van der Waals surface area contributed by atoms with Gasteiger partial charge in [-0.25, -0.2) is 0 Å². The predicted molar refractivity (Wildman–Crippen MR) is 68.5 cm³/mol. The van der Waals surface area contributed by atoms with Crippen molar-refractivity contribution in [2.24, 2.45) is 0 Å². The number of rotatable bonds is 2. The standard InChI is InChI=1S/C13H18ClNO2/c1-10(15-5-2-7-17-8-6-15)12-9-11(14)3-4-13(12)16/h3-4,9-10,16H,2,5-8H2,1H3. The normalized spacial score (nSPS) is 19.9. The Bertz CT molecular complexity index is 376. The number of halogens is 1. The molecule has 1 heterocycles. The van der Waals surface area contributed by atoms with Crippen molar-refractivity contribution in [3.8, 4) is 5.75 Å². The number of nitrogens with zero attached hydrogens (tertiary/aromatic N) is 1. The van der Waals surface area contributed by atoms with Crippen LogP contribution in [0.3, 0.4) is 0 Å². The minimum Gasteiger partial charge on any atom is -0.508 e. The van der Waals surface area contributed by atoms with Gasteiger partial charge in [-0.1, -0.05) is 11.6 Å². The molecule has 1 atom stereocenters. The van der Waals surface area contributed by atoms with Crippen LogP contribution in [-0.2, 0) is 4.74 Å². The minimum atomic E-state index is 0.162. The Hall–Kier alpha value is -0.770. The van der Waals surface area contributed by atoms with E-state index in [1.54, 1.807) is 12.1 Å². The molecule has 0 aliphatic carbocycles. The zero-order chi connectivity index (χ0) is 12.3. The molecule has 1 aliphatic rings. The van der Waals surface area contributed by atoms with Crippen LogP contribution in [0.1, 0.15) is 24.9 Å². The summed E-state index contributed by atoms with van der Waals surface area (Å²) in [4.78, 5) is 2.32. The highest BCUT2D eigenvalue weighted by Crippen LogP contribution is 2.31. The Morgan fingerprint density at radius 2 is 2.18 bits per heavy atom. The zero-order valence-electron chi connectivity index (χ0n) is 10.0. The number of hydrogen-bond donors (Lipinski definition) is 1. The van der Waals surface area contributed by atoms with Crippen LogP contribution >= 0.6 is 11.6 Å². The zero-order valence-corrected chi connectivity index (χ0v) is 10.8. The molecule has 1 N–H and O–H groups in total. The summed E-state index contributed by atoms with van der Waals surface area (Å²) in [6.07, 6.45) is 1.03. The van der Waals surface area contributed by atoms with Crippen molar-refractivity contribution in [3.63, 3.8) is 0 Å². The molecular formula is C13H18ClNO2. The predicted octanol–water partition coefficient (Wildman–Crippen LogP) is 2.83. The molecular weight excluding hydrogens is 238 g/mol. The number of hydrogen-bond acceptors (Lipinski definition) is 3. The lowest BCUT2D eigenvalue weighted by atomic mass is 10.1. The van der Waals surface area contributed by atoms with Gasteiger partial charge < -0.3 is 9.84 Å². The molecule has 0 bridgehead atoms. The minimum absolute atomic E-state index is 0.162. The summed E-state index contributed by atoms with van der Waals surface area (Å²) in [7, 11) is 0. The molecule has 1 aromatic carbocycles. The van der Waals surface area contributed by atoms with Crippen LogP contribution in [-0.4, -0.2) is 36.3 Å². The molecule has 0 aromatic heterocycles.